The molecule has 2 aromatic rings. The van der Waals surface area contributed by atoms with E-state index in [9.17, 15) is 9.59 Å². The van der Waals surface area contributed by atoms with Crippen molar-refractivity contribution in [2.24, 2.45) is 0 Å². The van der Waals surface area contributed by atoms with Crippen LogP contribution < -0.4 is 10.2 Å². The van der Waals surface area contributed by atoms with Crippen molar-refractivity contribution in [1.82, 2.24) is 5.32 Å². The first kappa shape index (κ1) is 21.6. The molecule has 2 aromatic carbocycles. The second kappa shape index (κ2) is 11.2. The van der Waals surface area contributed by atoms with Crippen LogP contribution in [-0.2, 0) is 16.1 Å². The van der Waals surface area contributed by atoms with Gasteiger partial charge in [-0.3, -0.25) is 9.59 Å². The fourth-order valence-electron chi connectivity index (χ4n) is 3.61. The van der Waals surface area contributed by atoms with E-state index >= 15 is 0 Å². The van der Waals surface area contributed by atoms with Crippen LogP contribution in [0.5, 0.6) is 0 Å². The lowest BCUT2D eigenvalue weighted by Crippen LogP contribution is -2.33. The molecule has 3 rings (SSSR count). The Morgan fingerprint density at radius 2 is 1.60 bits per heavy atom. The van der Waals surface area contributed by atoms with Gasteiger partial charge in [0, 0.05) is 30.5 Å². The van der Waals surface area contributed by atoms with E-state index in [1.165, 1.54) is 19.3 Å². The quantitative estimate of drug-likeness (QED) is 0.484. The number of carbonyl (C=O) groups is 2. The van der Waals surface area contributed by atoms with Crippen LogP contribution in [-0.4, -0.2) is 18.4 Å². The van der Waals surface area contributed by atoms with Crippen LogP contribution in [0.4, 0.5) is 5.69 Å². The Morgan fingerprint density at radius 3 is 2.43 bits per heavy atom. The molecule has 30 heavy (non-hydrogen) atoms. The predicted molar refractivity (Wildman–Crippen MR) is 121 cm³/mol. The molecule has 0 unspecified atom stereocenters. The topological polar surface area (TPSA) is 49.4 Å². The molecule has 0 aromatic heterocycles. The highest BCUT2D eigenvalue weighted by Crippen LogP contribution is 2.26. The highest BCUT2D eigenvalue weighted by Gasteiger charge is 2.21. The fraction of sp³-hybridized carbons (Fsp3) is 0.385. The smallest absolute Gasteiger partial charge is 0.227 e. The maximum absolute atomic E-state index is 13.1. The molecule has 4 heteroatoms. The molecule has 1 aliphatic heterocycles. The van der Waals surface area contributed by atoms with Crippen LogP contribution in [0, 0.1) is 11.8 Å². The summed E-state index contributed by atoms with van der Waals surface area (Å²) in [6, 6.07) is 15.6. The van der Waals surface area contributed by atoms with Crippen LogP contribution in [0.3, 0.4) is 0 Å². The Hall–Kier alpha value is -3.06. The minimum absolute atomic E-state index is 0.0561. The van der Waals surface area contributed by atoms with Gasteiger partial charge in [-0.1, -0.05) is 74.8 Å². The van der Waals surface area contributed by atoms with E-state index in [1.54, 1.807) is 4.90 Å². The third-order valence-corrected chi connectivity index (χ3v) is 5.34. The number of nitrogens with one attached hydrogen (secondary N) is 1. The van der Waals surface area contributed by atoms with Gasteiger partial charge in [-0.2, -0.15) is 0 Å². The molecule has 0 atom stereocenters. The minimum atomic E-state index is -0.0564. The standard InChI is InChI=1S/C26H30N2O2/c1-2-3-4-5-10-19-27-25(29)17-18-26(30)28-20-23-13-7-6-11-21(23)15-16-22-12-8-9-14-24(22)28/h6-9,11-14H,2-5,10,17-20H2,1H3,(H,27,29). The zero-order chi connectivity index (χ0) is 21.2. The Kier molecular flexibility index (Phi) is 8.09. The Bertz CT molecular complexity index is 939. The molecule has 0 saturated heterocycles. The zero-order valence-electron chi connectivity index (χ0n) is 17.7. The second-order valence-corrected chi connectivity index (χ2v) is 7.67. The van der Waals surface area contributed by atoms with Gasteiger partial charge in [0.15, 0.2) is 0 Å². The maximum atomic E-state index is 13.1. The molecule has 0 aliphatic carbocycles. The number of benzene rings is 2. The van der Waals surface area contributed by atoms with Crippen molar-refractivity contribution in [2.75, 3.05) is 11.4 Å². The molecule has 0 fully saturated rings. The molecular weight excluding hydrogens is 372 g/mol. The number of anilines is 1. The third-order valence-electron chi connectivity index (χ3n) is 5.34. The largest absolute Gasteiger partial charge is 0.356 e. The van der Waals surface area contributed by atoms with Crippen LogP contribution >= 0.6 is 0 Å². The van der Waals surface area contributed by atoms with Gasteiger partial charge in [-0.05, 0) is 30.2 Å². The number of hydrogen-bond donors (Lipinski definition) is 1. The molecule has 0 spiro atoms. The summed E-state index contributed by atoms with van der Waals surface area (Å²) in [6.07, 6.45) is 6.19. The minimum Gasteiger partial charge on any atom is -0.356 e. The first-order chi connectivity index (χ1) is 14.7. The van der Waals surface area contributed by atoms with E-state index in [-0.39, 0.29) is 24.7 Å². The van der Waals surface area contributed by atoms with Gasteiger partial charge in [-0.15, -0.1) is 0 Å². The van der Waals surface area contributed by atoms with Crippen LogP contribution in [0.1, 0.15) is 68.6 Å². The van der Waals surface area contributed by atoms with E-state index in [1.807, 2.05) is 48.5 Å². The lowest BCUT2D eigenvalue weighted by molar-refractivity contribution is -0.125. The van der Waals surface area contributed by atoms with Gasteiger partial charge in [-0.25, -0.2) is 0 Å². The molecule has 2 amide bonds. The van der Waals surface area contributed by atoms with Crippen molar-refractivity contribution in [3.05, 3.63) is 65.2 Å². The van der Waals surface area contributed by atoms with Gasteiger partial charge in [0.25, 0.3) is 0 Å². The van der Waals surface area contributed by atoms with Gasteiger partial charge in [0.2, 0.25) is 11.8 Å². The molecule has 4 nitrogen and oxygen atoms in total. The molecular formula is C26H30N2O2. The van der Waals surface area contributed by atoms with E-state index in [0.29, 0.717) is 13.1 Å². The SMILES string of the molecule is CCCCCCCNC(=O)CCC(=O)N1Cc2ccccc2C#Cc2ccccc21. The number of rotatable bonds is 9. The average Bonchev–Trinajstić information content (AvgIpc) is 2.76. The van der Waals surface area contributed by atoms with Gasteiger partial charge in [0.1, 0.15) is 0 Å². The first-order valence-electron chi connectivity index (χ1n) is 10.9. The molecule has 1 N–H and O–H groups in total. The van der Waals surface area contributed by atoms with Crippen molar-refractivity contribution < 1.29 is 9.59 Å². The highest BCUT2D eigenvalue weighted by atomic mass is 16.2. The second-order valence-electron chi connectivity index (χ2n) is 7.67. The van der Waals surface area contributed by atoms with Crippen LogP contribution in [0.25, 0.3) is 0 Å². The van der Waals surface area contributed by atoms with Crippen LogP contribution in [0.15, 0.2) is 48.5 Å². The molecule has 156 valence electrons. The number of amides is 2. The zero-order valence-corrected chi connectivity index (χ0v) is 17.7. The Labute approximate surface area is 179 Å². The first-order valence-corrected chi connectivity index (χ1v) is 10.9. The maximum Gasteiger partial charge on any atom is 0.227 e. The molecule has 0 bridgehead atoms. The van der Waals surface area contributed by atoms with E-state index in [0.717, 1.165) is 35.2 Å². The average molecular weight is 403 g/mol. The lowest BCUT2D eigenvalue weighted by atomic mass is 10.0. The summed E-state index contributed by atoms with van der Waals surface area (Å²) in [5, 5.41) is 2.94. The number of fused-ring (bicyclic) bond motifs is 2. The van der Waals surface area contributed by atoms with Gasteiger partial charge >= 0.3 is 0 Å². The number of carbonyl (C=O) groups excluding carboxylic acids is 2. The monoisotopic (exact) mass is 402 g/mol. The third kappa shape index (κ3) is 5.97. The van der Waals surface area contributed by atoms with Crippen molar-refractivity contribution in [3.63, 3.8) is 0 Å². The predicted octanol–water partition coefficient (Wildman–Crippen LogP) is 4.80. The van der Waals surface area contributed by atoms with Crippen molar-refractivity contribution in [1.29, 1.82) is 0 Å². The summed E-state index contributed by atoms with van der Waals surface area (Å²) < 4.78 is 0. The molecule has 0 radical (unpaired) electrons. The van der Waals surface area contributed by atoms with E-state index in [4.69, 9.17) is 0 Å². The normalized spacial score (nSPS) is 12.0. The summed E-state index contributed by atoms with van der Waals surface area (Å²) in [5.41, 5.74) is 3.59. The van der Waals surface area contributed by atoms with Crippen molar-refractivity contribution >= 4 is 17.5 Å². The number of para-hydroxylation sites is 1. The number of hydrogen-bond acceptors (Lipinski definition) is 2. The summed E-state index contributed by atoms with van der Waals surface area (Å²) in [6.45, 7) is 3.33. The summed E-state index contributed by atoms with van der Waals surface area (Å²) in [5.74, 6) is 6.30. The van der Waals surface area contributed by atoms with E-state index in [2.05, 4.69) is 24.1 Å². The van der Waals surface area contributed by atoms with Crippen molar-refractivity contribution in [2.45, 2.75) is 58.4 Å². The fourth-order valence-corrected chi connectivity index (χ4v) is 3.61. The summed E-state index contributed by atoms with van der Waals surface area (Å²) >= 11 is 0. The Morgan fingerprint density at radius 1 is 0.900 bits per heavy atom. The number of nitrogens with zero attached hydrogens (tertiary/aromatic N) is 1. The highest BCUT2D eigenvalue weighted by molar-refractivity contribution is 5.96. The van der Waals surface area contributed by atoms with E-state index < -0.39 is 0 Å². The number of unbranched alkanes of at least 4 members (excludes halogenated alkanes) is 4. The van der Waals surface area contributed by atoms with Crippen LogP contribution in [0.2, 0.25) is 0 Å². The Balaban J connectivity index is 1.61. The molecule has 1 aliphatic rings. The molecule has 1 heterocycles. The van der Waals surface area contributed by atoms with Gasteiger partial charge in [0.05, 0.1) is 12.2 Å². The molecule has 0 saturated carbocycles. The lowest BCUT2D eigenvalue weighted by Gasteiger charge is -2.26. The summed E-state index contributed by atoms with van der Waals surface area (Å²) in [4.78, 5) is 27.0. The van der Waals surface area contributed by atoms with Gasteiger partial charge < -0.3 is 10.2 Å². The summed E-state index contributed by atoms with van der Waals surface area (Å²) in [7, 11) is 0. The van der Waals surface area contributed by atoms with Crippen molar-refractivity contribution in [3.8, 4) is 11.8 Å².